The van der Waals surface area contributed by atoms with Crippen molar-refractivity contribution in [1.29, 1.82) is 0 Å². The van der Waals surface area contributed by atoms with Gasteiger partial charge in [-0.25, -0.2) is 0 Å². The number of aromatic nitrogens is 4. The van der Waals surface area contributed by atoms with Crippen molar-refractivity contribution in [2.24, 2.45) is 0 Å². The molecule has 1 aliphatic rings. The standard InChI is InChI=1S/C17H23N5O2/c1-3-21-11-14(10-20-21)17(23)22-8-9-24-12-15(22)4-5-16-13(2)18-6-7-19-16/h6-7,10-11,15H,3-5,8-9,12H2,1-2H3/t15-/m1/s1. The Morgan fingerprint density at radius 3 is 2.96 bits per heavy atom. The topological polar surface area (TPSA) is 73.1 Å². The van der Waals surface area contributed by atoms with E-state index in [9.17, 15) is 4.79 Å². The van der Waals surface area contributed by atoms with E-state index in [2.05, 4.69) is 15.1 Å². The molecular weight excluding hydrogens is 306 g/mol. The molecule has 3 rings (SSSR count). The predicted molar refractivity (Wildman–Crippen MR) is 88.6 cm³/mol. The molecule has 2 aromatic rings. The first-order valence-electron chi connectivity index (χ1n) is 8.36. The lowest BCUT2D eigenvalue weighted by molar-refractivity contribution is -0.00414. The molecule has 3 heterocycles. The van der Waals surface area contributed by atoms with Gasteiger partial charge in [0.25, 0.3) is 5.91 Å². The van der Waals surface area contributed by atoms with Crippen molar-refractivity contribution in [3.63, 3.8) is 0 Å². The van der Waals surface area contributed by atoms with Crippen LogP contribution < -0.4 is 0 Å². The first-order chi connectivity index (χ1) is 11.7. The van der Waals surface area contributed by atoms with Crippen LogP contribution in [0.1, 0.15) is 35.1 Å². The molecule has 1 amide bonds. The lowest BCUT2D eigenvalue weighted by atomic mass is 10.1. The molecule has 7 nitrogen and oxygen atoms in total. The van der Waals surface area contributed by atoms with Crippen LogP contribution >= 0.6 is 0 Å². The lowest BCUT2D eigenvalue weighted by Crippen LogP contribution is -2.48. The van der Waals surface area contributed by atoms with Crippen LogP contribution in [0.25, 0.3) is 0 Å². The van der Waals surface area contributed by atoms with Gasteiger partial charge in [0.1, 0.15) is 0 Å². The fraction of sp³-hybridized carbons (Fsp3) is 0.529. The van der Waals surface area contributed by atoms with Gasteiger partial charge in [0.05, 0.1) is 42.4 Å². The Kier molecular flexibility index (Phi) is 5.20. The highest BCUT2D eigenvalue weighted by atomic mass is 16.5. The summed E-state index contributed by atoms with van der Waals surface area (Å²) in [5.41, 5.74) is 2.56. The third-order valence-corrected chi connectivity index (χ3v) is 4.39. The second kappa shape index (κ2) is 7.53. The molecule has 0 aliphatic carbocycles. The van der Waals surface area contributed by atoms with Crippen molar-refractivity contribution in [2.45, 2.75) is 39.3 Å². The third-order valence-electron chi connectivity index (χ3n) is 4.39. The Morgan fingerprint density at radius 2 is 2.21 bits per heavy atom. The molecule has 1 saturated heterocycles. The summed E-state index contributed by atoms with van der Waals surface area (Å²) in [5.74, 6) is 0.0267. The number of aryl methyl sites for hydroxylation is 3. The molecule has 0 bridgehead atoms. The second-order valence-corrected chi connectivity index (χ2v) is 5.94. The largest absolute Gasteiger partial charge is 0.377 e. The van der Waals surface area contributed by atoms with Crippen molar-refractivity contribution in [3.8, 4) is 0 Å². The van der Waals surface area contributed by atoms with Crippen LogP contribution in [0.3, 0.4) is 0 Å². The van der Waals surface area contributed by atoms with Gasteiger partial charge in [0, 0.05) is 31.7 Å². The van der Waals surface area contributed by atoms with Crippen molar-refractivity contribution >= 4 is 5.91 Å². The second-order valence-electron chi connectivity index (χ2n) is 5.94. The van der Waals surface area contributed by atoms with Crippen LogP contribution in [0, 0.1) is 6.92 Å². The Bertz CT molecular complexity index is 700. The number of rotatable bonds is 5. The molecule has 0 unspecified atom stereocenters. The number of carbonyl (C=O) groups is 1. The number of nitrogens with zero attached hydrogens (tertiary/aromatic N) is 5. The van der Waals surface area contributed by atoms with E-state index in [1.807, 2.05) is 24.9 Å². The first kappa shape index (κ1) is 16.6. The first-order valence-corrected chi connectivity index (χ1v) is 8.36. The van der Waals surface area contributed by atoms with Crippen molar-refractivity contribution in [2.75, 3.05) is 19.8 Å². The Labute approximate surface area is 141 Å². The molecule has 0 radical (unpaired) electrons. The van der Waals surface area contributed by atoms with E-state index in [4.69, 9.17) is 4.74 Å². The summed E-state index contributed by atoms with van der Waals surface area (Å²) >= 11 is 0. The van der Waals surface area contributed by atoms with Crippen LogP contribution in [-0.2, 0) is 17.7 Å². The summed E-state index contributed by atoms with van der Waals surface area (Å²) in [5, 5.41) is 4.20. The number of amides is 1. The summed E-state index contributed by atoms with van der Waals surface area (Å²) in [7, 11) is 0. The van der Waals surface area contributed by atoms with Gasteiger partial charge in [-0.05, 0) is 26.7 Å². The average molecular weight is 329 g/mol. The van der Waals surface area contributed by atoms with E-state index in [1.54, 1.807) is 23.3 Å². The van der Waals surface area contributed by atoms with Gasteiger partial charge in [-0.3, -0.25) is 19.4 Å². The summed E-state index contributed by atoms with van der Waals surface area (Å²) in [4.78, 5) is 23.4. The van der Waals surface area contributed by atoms with Gasteiger partial charge in [-0.2, -0.15) is 5.10 Å². The molecule has 0 spiro atoms. The molecule has 0 N–H and O–H groups in total. The molecule has 0 aromatic carbocycles. The lowest BCUT2D eigenvalue weighted by Gasteiger charge is -2.35. The van der Waals surface area contributed by atoms with Crippen LogP contribution in [-0.4, -0.2) is 56.4 Å². The van der Waals surface area contributed by atoms with Crippen LogP contribution in [0.2, 0.25) is 0 Å². The number of morpholine rings is 1. The molecule has 128 valence electrons. The van der Waals surface area contributed by atoms with Crippen molar-refractivity contribution < 1.29 is 9.53 Å². The average Bonchev–Trinajstić information content (AvgIpc) is 3.10. The van der Waals surface area contributed by atoms with E-state index in [0.717, 1.165) is 30.8 Å². The summed E-state index contributed by atoms with van der Waals surface area (Å²) < 4.78 is 7.36. The highest BCUT2D eigenvalue weighted by Gasteiger charge is 2.28. The number of carbonyl (C=O) groups excluding carboxylic acids is 1. The van der Waals surface area contributed by atoms with Gasteiger partial charge in [-0.1, -0.05) is 0 Å². The fourth-order valence-electron chi connectivity index (χ4n) is 2.96. The van der Waals surface area contributed by atoms with Gasteiger partial charge >= 0.3 is 0 Å². The van der Waals surface area contributed by atoms with E-state index < -0.39 is 0 Å². The number of hydrogen-bond donors (Lipinski definition) is 0. The number of ether oxygens (including phenoxy) is 1. The molecular formula is C17H23N5O2. The smallest absolute Gasteiger partial charge is 0.257 e. The SMILES string of the molecule is CCn1cc(C(=O)N2CCOC[C@H]2CCc2nccnc2C)cn1. The Morgan fingerprint density at radius 1 is 1.38 bits per heavy atom. The summed E-state index contributed by atoms with van der Waals surface area (Å²) in [6.07, 6.45) is 8.46. The fourth-order valence-corrected chi connectivity index (χ4v) is 2.96. The monoisotopic (exact) mass is 329 g/mol. The van der Waals surface area contributed by atoms with E-state index in [1.165, 1.54) is 0 Å². The minimum absolute atomic E-state index is 0.0267. The van der Waals surface area contributed by atoms with Crippen LogP contribution in [0.4, 0.5) is 0 Å². The van der Waals surface area contributed by atoms with Crippen molar-refractivity contribution in [3.05, 3.63) is 41.7 Å². The quantitative estimate of drug-likeness (QED) is 0.831. The zero-order chi connectivity index (χ0) is 16.9. The highest BCUT2D eigenvalue weighted by molar-refractivity contribution is 5.94. The highest BCUT2D eigenvalue weighted by Crippen LogP contribution is 2.17. The normalized spacial score (nSPS) is 17.9. The Balaban J connectivity index is 1.69. The maximum atomic E-state index is 12.8. The number of hydrogen-bond acceptors (Lipinski definition) is 5. The summed E-state index contributed by atoms with van der Waals surface area (Å²) in [6.45, 7) is 6.47. The minimum atomic E-state index is 0.0267. The molecule has 2 aromatic heterocycles. The molecule has 7 heteroatoms. The minimum Gasteiger partial charge on any atom is -0.377 e. The zero-order valence-corrected chi connectivity index (χ0v) is 14.2. The maximum absolute atomic E-state index is 12.8. The predicted octanol–water partition coefficient (Wildman–Crippen LogP) is 1.48. The van der Waals surface area contributed by atoms with Crippen LogP contribution in [0.15, 0.2) is 24.8 Å². The molecule has 1 atom stereocenters. The van der Waals surface area contributed by atoms with E-state index >= 15 is 0 Å². The molecule has 24 heavy (non-hydrogen) atoms. The van der Waals surface area contributed by atoms with Crippen molar-refractivity contribution in [1.82, 2.24) is 24.6 Å². The summed E-state index contributed by atoms with van der Waals surface area (Å²) in [6, 6.07) is 0.0534. The molecule has 1 aliphatic heterocycles. The van der Waals surface area contributed by atoms with Gasteiger partial charge in [-0.15, -0.1) is 0 Å². The molecule has 0 saturated carbocycles. The van der Waals surface area contributed by atoms with E-state index in [0.29, 0.717) is 25.3 Å². The van der Waals surface area contributed by atoms with Gasteiger partial charge in [0.2, 0.25) is 0 Å². The maximum Gasteiger partial charge on any atom is 0.257 e. The van der Waals surface area contributed by atoms with Gasteiger partial charge < -0.3 is 9.64 Å². The molecule has 1 fully saturated rings. The van der Waals surface area contributed by atoms with E-state index in [-0.39, 0.29) is 11.9 Å². The third kappa shape index (κ3) is 3.62. The Hall–Kier alpha value is -2.28. The van der Waals surface area contributed by atoms with Crippen LogP contribution in [0.5, 0.6) is 0 Å². The zero-order valence-electron chi connectivity index (χ0n) is 14.2. The van der Waals surface area contributed by atoms with Gasteiger partial charge in [0.15, 0.2) is 0 Å².